The van der Waals surface area contributed by atoms with Gasteiger partial charge in [-0.15, -0.1) is 23.5 Å². The average Bonchev–Trinajstić information content (AvgIpc) is 2.47. The minimum Gasteiger partial charge on any atom is -0.258 e. The lowest BCUT2D eigenvalue weighted by molar-refractivity contribution is -0.419. The third-order valence-electron chi connectivity index (χ3n) is 2.70. The van der Waals surface area contributed by atoms with E-state index in [0.29, 0.717) is 0 Å². The summed E-state index contributed by atoms with van der Waals surface area (Å²) in [6.45, 7) is 4.21. The SMILES string of the molecule is CCCCCS/C(Cl)=C(Cl)\C(=C(\Cl)SCCCCC)[N+](=O)[O-]. The number of thioether (sulfide) groups is 2. The molecule has 0 unspecified atom stereocenters. The highest BCUT2D eigenvalue weighted by Crippen LogP contribution is 2.37. The Bertz CT molecular complexity index is 415. The van der Waals surface area contributed by atoms with Gasteiger partial charge in [-0.25, -0.2) is 0 Å². The predicted octanol–water partition coefficient (Wildman–Crippen LogP) is 7.16. The molecule has 0 amide bonds. The Morgan fingerprint density at radius 3 is 1.77 bits per heavy atom. The van der Waals surface area contributed by atoms with Crippen molar-refractivity contribution in [3.63, 3.8) is 0 Å². The van der Waals surface area contributed by atoms with Gasteiger partial charge in [0.1, 0.15) is 5.03 Å². The van der Waals surface area contributed by atoms with E-state index in [1.54, 1.807) is 0 Å². The first-order chi connectivity index (χ1) is 10.5. The summed E-state index contributed by atoms with van der Waals surface area (Å²) in [5, 5.41) is 11.1. The van der Waals surface area contributed by atoms with E-state index >= 15 is 0 Å². The fourth-order valence-corrected chi connectivity index (χ4v) is 4.23. The second-order valence-corrected chi connectivity index (χ2v) is 8.37. The third kappa shape index (κ3) is 9.56. The molecule has 22 heavy (non-hydrogen) atoms. The summed E-state index contributed by atoms with van der Waals surface area (Å²) in [6.07, 6.45) is 6.33. The molecule has 0 aliphatic heterocycles. The molecule has 0 fully saturated rings. The molecule has 0 aromatic carbocycles. The lowest BCUT2D eigenvalue weighted by Gasteiger charge is -2.05. The molecule has 0 saturated heterocycles. The van der Waals surface area contributed by atoms with Crippen LogP contribution in [-0.2, 0) is 0 Å². The smallest absolute Gasteiger partial charge is 0.258 e. The van der Waals surface area contributed by atoms with E-state index in [0.717, 1.165) is 50.0 Å². The lowest BCUT2D eigenvalue weighted by Crippen LogP contribution is -2.02. The Kier molecular flexibility index (Phi) is 14.1. The third-order valence-corrected chi connectivity index (χ3v) is 6.19. The molecule has 0 heterocycles. The topological polar surface area (TPSA) is 43.1 Å². The van der Waals surface area contributed by atoms with Crippen molar-refractivity contribution in [1.82, 2.24) is 0 Å². The van der Waals surface area contributed by atoms with E-state index in [2.05, 4.69) is 13.8 Å². The number of unbranched alkanes of at least 4 members (excludes halogenated alkanes) is 4. The summed E-state index contributed by atoms with van der Waals surface area (Å²) >= 11 is 20.8. The van der Waals surface area contributed by atoms with E-state index in [1.165, 1.54) is 23.5 Å². The van der Waals surface area contributed by atoms with Crippen molar-refractivity contribution in [2.45, 2.75) is 52.4 Å². The van der Waals surface area contributed by atoms with Gasteiger partial charge in [0.25, 0.3) is 0 Å². The summed E-state index contributed by atoms with van der Waals surface area (Å²) in [5.41, 5.74) is -0.294. The molecular formula is C14H22Cl3NO2S2. The molecule has 0 rings (SSSR count). The highest BCUT2D eigenvalue weighted by atomic mass is 35.5. The highest BCUT2D eigenvalue weighted by molar-refractivity contribution is 8.05. The number of nitrogens with zero attached hydrogens (tertiary/aromatic N) is 1. The number of rotatable bonds is 12. The van der Waals surface area contributed by atoms with Gasteiger partial charge in [-0.3, -0.25) is 10.1 Å². The molecular weight excluding hydrogens is 385 g/mol. The molecule has 0 aromatic heterocycles. The molecule has 0 N–H and O–H groups in total. The van der Waals surface area contributed by atoms with Crippen LogP contribution in [0, 0.1) is 10.1 Å². The van der Waals surface area contributed by atoms with Crippen LogP contribution >= 0.6 is 58.3 Å². The summed E-state index contributed by atoms with van der Waals surface area (Å²) in [6, 6.07) is 0. The van der Waals surface area contributed by atoms with Gasteiger partial charge in [-0.2, -0.15) is 0 Å². The van der Waals surface area contributed by atoms with Crippen LogP contribution in [0.4, 0.5) is 0 Å². The van der Waals surface area contributed by atoms with Gasteiger partial charge >= 0.3 is 5.70 Å². The van der Waals surface area contributed by atoms with Gasteiger partial charge in [0.15, 0.2) is 4.36 Å². The predicted molar refractivity (Wildman–Crippen MR) is 103 cm³/mol. The first kappa shape index (κ1) is 22.4. The van der Waals surface area contributed by atoms with Crippen molar-refractivity contribution in [2.24, 2.45) is 0 Å². The van der Waals surface area contributed by atoms with Gasteiger partial charge in [-0.1, -0.05) is 74.3 Å². The van der Waals surface area contributed by atoms with Gasteiger partial charge in [-0.05, 0) is 24.3 Å². The quantitative estimate of drug-likeness (QED) is 0.149. The van der Waals surface area contributed by atoms with Crippen molar-refractivity contribution in [1.29, 1.82) is 0 Å². The number of hydrogen-bond donors (Lipinski definition) is 0. The average molecular weight is 407 g/mol. The van der Waals surface area contributed by atoms with Crippen molar-refractivity contribution >= 4 is 58.3 Å². The normalized spacial score (nSPS) is 13.7. The van der Waals surface area contributed by atoms with Crippen LogP contribution in [-0.4, -0.2) is 16.4 Å². The van der Waals surface area contributed by atoms with Crippen LogP contribution in [0.1, 0.15) is 52.4 Å². The highest BCUT2D eigenvalue weighted by Gasteiger charge is 2.25. The number of hydrogen-bond acceptors (Lipinski definition) is 4. The van der Waals surface area contributed by atoms with Gasteiger partial charge in [0.05, 0.1) is 9.29 Å². The van der Waals surface area contributed by atoms with E-state index in [-0.39, 0.29) is 19.5 Å². The molecule has 0 radical (unpaired) electrons. The minimum absolute atomic E-state index is 0.0684. The van der Waals surface area contributed by atoms with E-state index < -0.39 is 4.92 Å². The summed E-state index contributed by atoms with van der Waals surface area (Å²) in [4.78, 5) is 10.7. The van der Waals surface area contributed by atoms with Crippen molar-refractivity contribution in [3.05, 3.63) is 29.6 Å². The summed E-state index contributed by atoms with van der Waals surface area (Å²) < 4.78 is 0.329. The second-order valence-electron chi connectivity index (χ2n) is 4.58. The molecule has 0 bridgehead atoms. The van der Waals surface area contributed by atoms with Crippen LogP contribution in [0.2, 0.25) is 0 Å². The molecule has 0 aromatic rings. The monoisotopic (exact) mass is 405 g/mol. The maximum atomic E-state index is 11.2. The van der Waals surface area contributed by atoms with Crippen LogP contribution in [0.15, 0.2) is 19.5 Å². The van der Waals surface area contributed by atoms with Crippen LogP contribution in [0.3, 0.4) is 0 Å². The molecule has 8 heteroatoms. The maximum Gasteiger partial charge on any atom is 0.314 e. The van der Waals surface area contributed by atoms with Crippen LogP contribution < -0.4 is 0 Å². The Balaban J connectivity index is 4.85. The maximum absolute atomic E-state index is 11.2. The Morgan fingerprint density at radius 1 is 0.909 bits per heavy atom. The fraction of sp³-hybridized carbons (Fsp3) is 0.714. The Morgan fingerprint density at radius 2 is 1.36 bits per heavy atom. The number of halogens is 3. The summed E-state index contributed by atoms with van der Waals surface area (Å²) in [7, 11) is 0. The molecule has 0 aliphatic carbocycles. The molecule has 0 aliphatic rings. The standard InChI is InChI=1S/C14H22Cl3NO2S2/c1-3-5-7-9-21-13(16)11(15)12(18(19)20)14(17)22-10-8-6-4-2/h3-10H2,1-2H3/b13-11+,14-12+. The first-order valence-corrected chi connectivity index (χ1v) is 10.4. The van der Waals surface area contributed by atoms with Gasteiger partial charge < -0.3 is 0 Å². The van der Waals surface area contributed by atoms with Gasteiger partial charge in [0.2, 0.25) is 0 Å². The minimum atomic E-state index is -0.563. The molecule has 0 spiro atoms. The van der Waals surface area contributed by atoms with Crippen molar-refractivity contribution < 1.29 is 4.92 Å². The van der Waals surface area contributed by atoms with Crippen LogP contribution in [0.5, 0.6) is 0 Å². The zero-order valence-corrected chi connectivity index (χ0v) is 16.8. The fourth-order valence-electron chi connectivity index (χ4n) is 1.49. The number of nitro groups is 1. The number of allylic oxidation sites excluding steroid dienone is 1. The second kappa shape index (κ2) is 13.8. The van der Waals surface area contributed by atoms with E-state index in [1.807, 2.05) is 0 Å². The lowest BCUT2D eigenvalue weighted by atomic mass is 10.3. The zero-order chi connectivity index (χ0) is 17.0. The molecule has 3 nitrogen and oxygen atoms in total. The molecule has 0 saturated carbocycles. The van der Waals surface area contributed by atoms with Crippen molar-refractivity contribution in [2.75, 3.05) is 11.5 Å². The summed E-state index contributed by atoms with van der Waals surface area (Å²) in [5.74, 6) is 1.52. The Labute approximate surface area is 156 Å². The Hall–Kier alpha value is 0.450. The van der Waals surface area contributed by atoms with E-state index in [4.69, 9.17) is 34.8 Å². The molecule has 128 valence electrons. The molecule has 0 atom stereocenters. The largest absolute Gasteiger partial charge is 0.314 e. The van der Waals surface area contributed by atoms with E-state index in [9.17, 15) is 10.1 Å². The van der Waals surface area contributed by atoms with Crippen LogP contribution in [0.25, 0.3) is 0 Å². The van der Waals surface area contributed by atoms with Crippen molar-refractivity contribution in [3.8, 4) is 0 Å². The first-order valence-electron chi connectivity index (χ1n) is 7.31. The zero-order valence-electron chi connectivity index (χ0n) is 12.9. The van der Waals surface area contributed by atoms with Gasteiger partial charge in [0, 0.05) is 0 Å².